The summed E-state index contributed by atoms with van der Waals surface area (Å²) >= 11 is 5.67. The van der Waals surface area contributed by atoms with Crippen LogP contribution in [0.1, 0.15) is 67.7 Å². The molecule has 2 heterocycles. The molecule has 17 nitrogen and oxygen atoms in total. The molecule has 0 aliphatic carbocycles. The van der Waals surface area contributed by atoms with Crippen LogP contribution in [-0.2, 0) is 47.8 Å². The Kier molecular flexibility index (Phi) is 34.3. The van der Waals surface area contributed by atoms with Gasteiger partial charge in [-0.3, -0.25) is 33.6 Å². The minimum absolute atomic E-state index is 0. The maximum atomic E-state index is 13.2. The van der Waals surface area contributed by atoms with Crippen LogP contribution in [0.4, 0.5) is 0 Å². The van der Waals surface area contributed by atoms with Crippen LogP contribution >= 0.6 is 38.6 Å². The molecule has 2 aromatic carbocycles. The molecule has 3 unspecified atom stereocenters. The molecule has 22 heteroatoms. The summed E-state index contributed by atoms with van der Waals surface area (Å²) in [5.41, 5.74) is 0. The van der Waals surface area contributed by atoms with Gasteiger partial charge in [-0.2, -0.15) is 0 Å². The molecule has 0 N–H and O–H groups in total. The fourth-order valence-electron chi connectivity index (χ4n) is 5.25. The number of rotatable bonds is 18. The molecule has 0 fully saturated rings. The first kappa shape index (κ1) is 63.0. The molecule has 0 saturated heterocycles. The molecule has 338 valence electrons. The number of carbonyl (C=O) groups is 7. The predicted octanol–water partition coefficient (Wildman–Crippen LogP) is 0.422. The van der Waals surface area contributed by atoms with E-state index in [-0.39, 0.29) is 153 Å². The van der Waals surface area contributed by atoms with E-state index in [0.29, 0.717) is 32.8 Å². The Hall–Kier alpha value is -2.04. The second-order valence-corrected chi connectivity index (χ2v) is 15.1. The van der Waals surface area contributed by atoms with Gasteiger partial charge in [-0.05, 0) is 61.7 Å². The monoisotopic (exact) mass is 1040 g/mol. The second-order valence-electron chi connectivity index (χ2n) is 11.8. The average Bonchev–Trinajstić information content (AvgIpc) is 3.90. The smallest absolute Gasteiger partial charge is 1.00 e. The van der Waals surface area contributed by atoms with Crippen molar-refractivity contribution in [3.63, 3.8) is 0 Å². The van der Waals surface area contributed by atoms with Crippen molar-refractivity contribution in [2.24, 2.45) is 11.8 Å². The molecule has 2 aromatic heterocycles. The molecule has 0 saturated carbocycles. The Labute approximate surface area is 468 Å². The van der Waals surface area contributed by atoms with Crippen LogP contribution in [0.25, 0.3) is 20.2 Å². The summed E-state index contributed by atoms with van der Waals surface area (Å²) in [6.07, 6.45) is 0.802. The van der Waals surface area contributed by atoms with Crippen molar-refractivity contribution in [3.05, 3.63) is 46.2 Å². The van der Waals surface area contributed by atoms with E-state index in [9.17, 15) is 28.8 Å². The normalized spacial score (nSPS) is 11.2. The fourth-order valence-corrected chi connectivity index (χ4v) is 7.50. The van der Waals surface area contributed by atoms with Gasteiger partial charge in [-0.1, -0.05) is 29.8 Å². The number of ether oxygens (including phenoxy) is 8. The van der Waals surface area contributed by atoms with Crippen LogP contribution in [0.15, 0.2) is 36.4 Å². The zero-order valence-electron chi connectivity index (χ0n) is 38.4. The second kappa shape index (κ2) is 34.3. The Morgan fingerprint density at radius 3 is 1.44 bits per heavy atom. The molecular formula is C41H51BrK2O17S2. The van der Waals surface area contributed by atoms with Crippen molar-refractivity contribution >= 4 is 101 Å². The number of esters is 4. The Balaban J connectivity index is -0.000000910. The molecule has 3 atom stereocenters. The van der Waals surface area contributed by atoms with Crippen LogP contribution in [0.2, 0.25) is 0 Å². The first-order valence-electron chi connectivity index (χ1n) is 18.4. The summed E-state index contributed by atoms with van der Waals surface area (Å²) in [4.78, 5) is 83.8. The van der Waals surface area contributed by atoms with Crippen LogP contribution < -0.4 is 127 Å². The summed E-state index contributed by atoms with van der Waals surface area (Å²) < 4.78 is 41.8. The number of benzene rings is 2. The van der Waals surface area contributed by atoms with Crippen LogP contribution in [0.3, 0.4) is 0 Å². The van der Waals surface area contributed by atoms with Crippen molar-refractivity contribution in [2.75, 3.05) is 55.9 Å². The first-order valence-corrected chi connectivity index (χ1v) is 20.9. The number of halogens is 1. The number of alkyl halides is 1. The van der Waals surface area contributed by atoms with E-state index in [4.69, 9.17) is 43.2 Å². The number of hydrogen-bond donors (Lipinski definition) is 0. The van der Waals surface area contributed by atoms with Crippen molar-refractivity contribution in [2.45, 2.75) is 51.8 Å². The van der Waals surface area contributed by atoms with Crippen LogP contribution in [-0.4, -0.2) is 103 Å². The maximum absolute atomic E-state index is 13.2. The number of methoxy groups -OCH3 is 6. The van der Waals surface area contributed by atoms with Gasteiger partial charge >= 0.3 is 127 Å². The molecule has 0 radical (unpaired) electrons. The molecule has 0 bridgehead atoms. The summed E-state index contributed by atoms with van der Waals surface area (Å²) in [6.45, 7) is 7.20. The minimum atomic E-state index is -1.26. The minimum Gasteiger partial charge on any atom is -1.00 e. The van der Waals surface area contributed by atoms with E-state index in [0.717, 1.165) is 26.6 Å². The SMILES string of the molecule is CCC(Br)C(=O)OC.CCOC(=O)C(C(=O)c1cc2cc(OC)c(OC)cc2s1)C(CC)C(=O)OC.CCOC(=O)CC(=O)c1cc2cc(OC)c(OC)cc2s1.O=CO[O-].[H-].[K+].[K+]. The maximum Gasteiger partial charge on any atom is 1.00 e. The molecule has 0 spiro atoms. The van der Waals surface area contributed by atoms with Gasteiger partial charge in [0.05, 0.1) is 71.5 Å². The van der Waals surface area contributed by atoms with Crippen LogP contribution in [0, 0.1) is 11.8 Å². The van der Waals surface area contributed by atoms with Gasteiger partial charge in [0.2, 0.25) is 0 Å². The fraction of sp³-hybridized carbons (Fsp3) is 0.439. The van der Waals surface area contributed by atoms with Gasteiger partial charge in [-0.25, -0.2) is 0 Å². The zero-order chi connectivity index (χ0) is 46.2. The van der Waals surface area contributed by atoms with E-state index in [1.54, 1.807) is 59.3 Å². The van der Waals surface area contributed by atoms with Gasteiger partial charge in [0.15, 0.2) is 34.6 Å². The molecule has 0 aliphatic rings. The molecular weight excluding hydrogens is 987 g/mol. The Bertz CT molecular complexity index is 2010. The summed E-state index contributed by atoms with van der Waals surface area (Å²) in [6, 6.07) is 10.6. The molecule has 0 amide bonds. The Morgan fingerprint density at radius 1 is 0.651 bits per heavy atom. The van der Waals surface area contributed by atoms with Gasteiger partial charge in [-0.15, -0.1) is 22.7 Å². The number of thiophene rings is 2. The number of hydrogen-bond acceptors (Lipinski definition) is 19. The standard InChI is InChI=1S/C20H24O7S.C15H16O5S.C5H9BrO2.CH2O3.2K.H/c1-6-12(19(22)26-5)17(20(23)27-7-2)18(21)16-9-11-8-13(24-3)14(25-4)10-15(11)28-16;1-4-20-15(17)7-10(16)14-6-9-5-11(18-2)12(19-3)8-13(9)21-14;1-3-4(6)5(7)8-2;2-1-4-3;;;/h8-10,12,17H,6-7H2,1-5H3;5-6,8H,4,7H2,1-3H3;4H,3H2,1-2H3;1,3H;;;/q;;;;2*+1;-1/p-1. The zero-order valence-corrected chi connectivity index (χ0v) is 46.9. The van der Waals surface area contributed by atoms with Gasteiger partial charge in [0.25, 0.3) is 6.47 Å². The third kappa shape index (κ3) is 19.8. The topological polar surface area (TPSA) is 226 Å². The van der Waals surface area contributed by atoms with Crippen molar-refractivity contribution in [1.29, 1.82) is 0 Å². The van der Waals surface area contributed by atoms with E-state index in [1.807, 2.05) is 19.1 Å². The summed E-state index contributed by atoms with van der Waals surface area (Å²) in [7, 11) is 8.79. The van der Waals surface area contributed by atoms with Crippen molar-refractivity contribution in [3.8, 4) is 23.0 Å². The number of Topliss-reactive ketones (excluding diaryl/α,β-unsaturated/α-hetero) is 2. The molecule has 4 aromatic rings. The van der Waals surface area contributed by atoms with Gasteiger partial charge in [0, 0.05) is 21.5 Å². The quantitative estimate of drug-likeness (QED) is 0.0152. The molecule has 63 heavy (non-hydrogen) atoms. The Morgan fingerprint density at radius 2 is 1.08 bits per heavy atom. The van der Waals surface area contributed by atoms with Gasteiger partial charge < -0.3 is 49.5 Å². The number of carbonyl (C=O) groups excluding carboxylic acids is 7. The predicted molar refractivity (Wildman–Crippen MR) is 229 cm³/mol. The van der Waals surface area contributed by atoms with Crippen LogP contribution in [0.5, 0.6) is 23.0 Å². The van der Waals surface area contributed by atoms with Gasteiger partial charge in [0.1, 0.15) is 17.2 Å². The van der Waals surface area contributed by atoms with E-state index in [1.165, 1.54) is 51.1 Å². The number of fused-ring (bicyclic) bond motifs is 2. The summed E-state index contributed by atoms with van der Waals surface area (Å²) in [5.74, 6) is -2.63. The number of ketones is 2. The van der Waals surface area contributed by atoms with Crippen molar-refractivity contribution in [1.82, 2.24) is 0 Å². The summed E-state index contributed by atoms with van der Waals surface area (Å²) in [5, 5.41) is 10.1. The average molecular weight is 1040 g/mol. The molecule has 4 rings (SSSR count). The third-order valence-electron chi connectivity index (χ3n) is 8.20. The third-order valence-corrected chi connectivity index (χ3v) is 11.5. The van der Waals surface area contributed by atoms with E-state index >= 15 is 0 Å². The van der Waals surface area contributed by atoms with E-state index in [2.05, 4.69) is 25.6 Å². The van der Waals surface area contributed by atoms with E-state index < -0.39 is 35.5 Å². The van der Waals surface area contributed by atoms with Crippen molar-refractivity contribution < 1.29 is 186 Å². The first-order chi connectivity index (χ1) is 29.1. The molecule has 0 aliphatic heterocycles. The largest absolute Gasteiger partial charge is 1.00 e.